The maximum Gasteiger partial charge on any atom is 0.151 e. The van der Waals surface area contributed by atoms with Gasteiger partial charge in [-0.05, 0) is 22.8 Å². The molecule has 0 unspecified atom stereocenters. The molecule has 4 N–H and O–H groups in total. The molecule has 0 fully saturated rings. The van der Waals surface area contributed by atoms with E-state index in [4.69, 9.17) is 11.5 Å². The zero-order valence-corrected chi connectivity index (χ0v) is 11.7. The van der Waals surface area contributed by atoms with Gasteiger partial charge in [0.25, 0.3) is 0 Å². The van der Waals surface area contributed by atoms with E-state index in [1.807, 2.05) is 36.4 Å². The van der Waals surface area contributed by atoms with Crippen molar-refractivity contribution >= 4 is 15.4 Å². The van der Waals surface area contributed by atoms with Crippen molar-refractivity contribution in [3.05, 3.63) is 53.6 Å². The lowest BCUT2D eigenvalue weighted by Gasteiger charge is -2.23. The van der Waals surface area contributed by atoms with Crippen LogP contribution >= 0.6 is 0 Å². The highest BCUT2D eigenvalue weighted by molar-refractivity contribution is 7.89. The zero-order chi connectivity index (χ0) is 14.1. The normalized spacial score (nSPS) is 18.2. The van der Waals surface area contributed by atoms with Crippen LogP contribution in [0.25, 0.3) is 5.57 Å². The van der Waals surface area contributed by atoms with Crippen LogP contribution in [0.5, 0.6) is 0 Å². The minimum absolute atomic E-state index is 0.0325. The fraction of sp³-hybridized carbons (Fsp3) is 0.286. The molecule has 0 atom stereocenters. The van der Waals surface area contributed by atoms with Crippen LogP contribution in [0.3, 0.4) is 0 Å². The quantitative estimate of drug-likeness (QED) is 0.813. The summed E-state index contributed by atoms with van der Waals surface area (Å²) in [6, 6.07) is 7.48. The van der Waals surface area contributed by atoms with Crippen molar-refractivity contribution in [3.8, 4) is 0 Å². The predicted molar refractivity (Wildman–Crippen MR) is 77.8 cm³/mol. The molecule has 2 rings (SSSR count). The van der Waals surface area contributed by atoms with E-state index in [9.17, 15) is 8.42 Å². The third-order valence-corrected chi connectivity index (χ3v) is 3.83. The van der Waals surface area contributed by atoms with E-state index in [-0.39, 0.29) is 5.75 Å². The van der Waals surface area contributed by atoms with Crippen molar-refractivity contribution in [1.29, 1.82) is 0 Å². The van der Waals surface area contributed by atoms with Gasteiger partial charge >= 0.3 is 0 Å². The molecule has 0 saturated carbocycles. The fourth-order valence-corrected chi connectivity index (χ4v) is 2.89. The molecule has 0 bridgehead atoms. The maximum absolute atomic E-state index is 11.5. The van der Waals surface area contributed by atoms with Crippen LogP contribution in [0, 0.1) is 0 Å². The summed E-state index contributed by atoms with van der Waals surface area (Å²) in [5.74, 6) is 0.0325. The molecule has 0 aliphatic heterocycles. The molecule has 0 radical (unpaired) electrons. The molecule has 1 aliphatic carbocycles. The summed E-state index contributed by atoms with van der Waals surface area (Å²) in [6.07, 6.45) is 7.32. The first-order valence-electron chi connectivity index (χ1n) is 6.00. The van der Waals surface area contributed by atoms with E-state index in [2.05, 4.69) is 0 Å². The number of sulfone groups is 1. The summed E-state index contributed by atoms with van der Waals surface area (Å²) in [5, 5.41) is 0. The van der Waals surface area contributed by atoms with E-state index in [1.165, 1.54) is 6.26 Å². The predicted octanol–water partition coefficient (Wildman–Crippen LogP) is 1.19. The lowest BCUT2D eigenvalue weighted by atomic mass is 9.92. The number of nitrogens with two attached hydrogens (primary N) is 2. The largest absolute Gasteiger partial charge is 0.310 e. The lowest BCUT2D eigenvalue weighted by molar-refractivity contribution is 0.558. The molecule has 1 aromatic carbocycles. The monoisotopic (exact) mass is 278 g/mol. The first-order chi connectivity index (χ1) is 8.77. The average Bonchev–Trinajstić information content (AvgIpc) is 2.28. The Hall–Kier alpha value is -1.43. The molecule has 0 spiro atoms. The summed E-state index contributed by atoms with van der Waals surface area (Å²) in [7, 11) is -3.06. The van der Waals surface area contributed by atoms with Crippen LogP contribution in [0.2, 0.25) is 0 Å². The summed E-state index contributed by atoms with van der Waals surface area (Å²) in [5.41, 5.74) is 13.5. The third kappa shape index (κ3) is 3.76. The topological polar surface area (TPSA) is 86.2 Å². The van der Waals surface area contributed by atoms with Crippen molar-refractivity contribution < 1.29 is 8.42 Å². The summed E-state index contributed by atoms with van der Waals surface area (Å²) >= 11 is 0. The van der Waals surface area contributed by atoms with Crippen LogP contribution in [0.15, 0.2) is 42.5 Å². The maximum atomic E-state index is 11.5. The molecule has 0 aromatic heterocycles. The van der Waals surface area contributed by atoms with Gasteiger partial charge in [-0.2, -0.15) is 0 Å². The fourth-order valence-electron chi connectivity index (χ4n) is 2.08. The molecule has 5 heteroatoms. The molecule has 1 aromatic rings. The van der Waals surface area contributed by atoms with E-state index >= 15 is 0 Å². The summed E-state index contributed by atoms with van der Waals surface area (Å²) < 4.78 is 22.9. The van der Waals surface area contributed by atoms with Crippen molar-refractivity contribution in [2.45, 2.75) is 17.8 Å². The zero-order valence-electron chi connectivity index (χ0n) is 10.8. The Morgan fingerprint density at radius 3 is 2.53 bits per heavy atom. The number of benzene rings is 1. The van der Waals surface area contributed by atoms with E-state index < -0.39 is 15.5 Å². The van der Waals surface area contributed by atoms with Crippen molar-refractivity contribution in [3.63, 3.8) is 0 Å². The lowest BCUT2D eigenvalue weighted by Crippen LogP contribution is -2.47. The van der Waals surface area contributed by atoms with Crippen molar-refractivity contribution in [2.75, 3.05) is 6.26 Å². The van der Waals surface area contributed by atoms with Crippen LogP contribution < -0.4 is 11.5 Å². The van der Waals surface area contributed by atoms with E-state index in [0.717, 1.165) is 16.7 Å². The number of rotatable bonds is 3. The van der Waals surface area contributed by atoms with Gasteiger partial charge in [0.2, 0.25) is 0 Å². The average molecular weight is 278 g/mol. The van der Waals surface area contributed by atoms with Gasteiger partial charge in [-0.25, -0.2) is 8.42 Å². The van der Waals surface area contributed by atoms with Gasteiger partial charge in [0.05, 0.1) is 11.4 Å². The summed E-state index contributed by atoms with van der Waals surface area (Å²) in [6.45, 7) is 0. The Kier molecular flexibility index (Phi) is 3.62. The van der Waals surface area contributed by atoms with Gasteiger partial charge in [0, 0.05) is 12.7 Å². The Bertz CT molecular complexity index is 643. The smallest absolute Gasteiger partial charge is 0.151 e. The second-order valence-electron chi connectivity index (χ2n) is 5.04. The highest BCUT2D eigenvalue weighted by atomic mass is 32.2. The Labute approximate surface area is 113 Å². The van der Waals surface area contributed by atoms with E-state index in [1.54, 1.807) is 6.08 Å². The molecule has 0 saturated heterocycles. The minimum Gasteiger partial charge on any atom is -0.310 e. The first kappa shape index (κ1) is 14.0. The van der Waals surface area contributed by atoms with Gasteiger partial charge in [-0.1, -0.05) is 36.4 Å². The van der Waals surface area contributed by atoms with E-state index in [0.29, 0.717) is 6.42 Å². The van der Waals surface area contributed by atoms with Gasteiger partial charge in [0.1, 0.15) is 0 Å². The van der Waals surface area contributed by atoms with Crippen molar-refractivity contribution in [1.82, 2.24) is 0 Å². The second-order valence-corrected chi connectivity index (χ2v) is 7.18. The standard InChI is InChI=1S/C14H18N2O2S/c1-19(17,18)10-12-4-2-3-5-13(12)11-6-8-14(15,16)9-7-11/h2-8H,9-10,15-16H2,1H3. The molecular formula is C14H18N2O2S. The molecule has 4 nitrogen and oxygen atoms in total. The second kappa shape index (κ2) is 4.92. The molecule has 0 amide bonds. The summed E-state index contributed by atoms with van der Waals surface area (Å²) in [4.78, 5) is 0. The highest BCUT2D eigenvalue weighted by Crippen LogP contribution is 2.26. The van der Waals surface area contributed by atoms with Crippen LogP contribution in [0.1, 0.15) is 17.5 Å². The van der Waals surface area contributed by atoms with Gasteiger partial charge in [-0.3, -0.25) is 0 Å². The van der Waals surface area contributed by atoms with Crippen LogP contribution in [-0.2, 0) is 15.6 Å². The van der Waals surface area contributed by atoms with Gasteiger partial charge in [0.15, 0.2) is 9.84 Å². The van der Waals surface area contributed by atoms with Gasteiger partial charge in [-0.15, -0.1) is 0 Å². The minimum atomic E-state index is -3.06. The van der Waals surface area contributed by atoms with Gasteiger partial charge < -0.3 is 11.5 Å². The number of hydrogen-bond donors (Lipinski definition) is 2. The molecule has 0 heterocycles. The molecule has 1 aliphatic rings. The SMILES string of the molecule is CS(=O)(=O)Cc1ccccc1C1=CCC(N)(N)C=C1. The van der Waals surface area contributed by atoms with Crippen LogP contribution in [-0.4, -0.2) is 20.3 Å². The molecule has 19 heavy (non-hydrogen) atoms. The molecular weight excluding hydrogens is 260 g/mol. The first-order valence-corrected chi connectivity index (χ1v) is 8.06. The Balaban J connectivity index is 2.37. The highest BCUT2D eigenvalue weighted by Gasteiger charge is 2.19. The van der Waals surface area contributed by atoms with Crippen LogP contribution in [0.4, 0.5) is 0 Å². The Morgan fingerprint density at radius 2 is 1.95 bits per heavy atom. The Morgan fingerprint density at radius 1 is 1.26 bits per heavy atom. The molecule has 102 valence electrons. The number of allylic oxidation sites excluding steroid dienone is 2. The number of hydrogen-bond acceptors (Lipinski definition) is 4. The third-order valence-electron chi connectivity index (χ3n) is 2.99. The van der Waals surface area contributed by atoms with Crippen molar-refractivity contribution in [2.24, 2.45) is 11.5 Å².